The highest BCUT2D eigenvalue weighted by Crippen LogP contribution is 2.16. The number of hydrogen-bond donors (Lipinski definition) is 0. The molecule has 0 aromatic carbocycles. The molecule has 1 rings (SSSR count). The number of Topliss-reactive ketones (excluding diaryl/α,β-unsaturated/α-hetero) is 1. The first-order valence-electron chi connectivity index (χ1n) is 6.30. The fourth-order valence-electron chi connectivity index (χ4n) is 1.54. The molecule has 0 atom stereocenters. The molecule has 0 radical (unpaired) electrons. The van der Waals surface area contributed by atoms with Gasteiger partial charge in [0.2, 0.25) is 0 Å². The van der Waals surface area contributed by atoms with Gasteiger partial charge in [0.1, 0.15) is 6.73 Å². The van der Waals surface area contributed by atoms with E-state index < -0.39 is 8.07 Å². The number of aromatic nitrogens is 1. The Morgan fingerprint density at radius 2 is 2.11 bits per heavy atom. The van der Waals surface area contributed by atoms with E-state index in [1.165, 1.54) is 0 Å². The summed E-state index contributed by atoms with van der Waals surface area (Å²) in [6.07, 6.45) is 2.23. The van der Waals surface area contributed by atoms with Crippen molar-refractivity contribution in [3.8, 4) is 0 Å². The van der Waals surface area contributed by atoms with Crippen LogP contribution < -0.4 is 0 Å². The lowest BCUT2D eigenvalue weighted by Crippen LogP contribution is -2.22. The van der Waals surface area contributed by atoms with Crippen LogP contribution in [0, 0.1) is 0 Å². The monoisotopic (exact) mass is 287 g/mol. The summed E-state index contributed by atoms with van der Waals surface area (Å²) in [7, 11) is -1.06. The van der Waals surface area contributed by atoms with Gasteiger partial charge in [-0.05, 0) is 12.1 Å². The van der Waals surface area contributed by atoms with E-state index in [0.717, 1.165) is 12.7 Å². The third kappa shape index (κ3) is 4.96. The highest BCUT2D eigenvalue weighted by atomic mass is 35.5. The Hall–Kier alpha value is -0.583. The third-order valence-electron chi connectivity index (χ3n) is 2.70. The van der Waals surface area contributed by atoms with Crippen molar-refractivity contribution in [2.24, 2.45) is 0 Å². The van der Waals surface area contributed by atoms with Crippen molar-refractivity contribution < 1.29 is 9.53 Å². The van der Waals surface area contributed by atoms with Crippen molar-refractivity contribution in [3.63, 3.8) is 0 Å². The number of carbonyl (C=O) groups excluding carboxylic acids is 1. The van der Waals surface area contributed by atoms with Crippen LogP contribution in [0.5, 0.6) is 0 Å². The molecule has 0 N–H and O–H groups in total. The van der Waals surface area contributed by atoms with E-state index in [-0.39, 0.29) is 5.78 Å². The van der Waals surface area contributed by atoms with E-state index in [2.05, 4.69) is 19.6 Å². The molecule has 18 heavy (non-hydrogen) atoms. The minimum Gasteiger partial charge on any atom is -0.361 e. The zero-order chi connectivity index (χ0) is 13.8. The number of ether oxygens (including phenoxy) is 1. The normalized spacial score (nSPS) is 11.8. The summed E-state index contributed by atoms with van der Waals surface area (Å²) in [5, 5.41) is 0.584. The number of ketones is 1. The molecule has 0 aliphatic carbocycles. The maximum atomic E-state index is 11.7. The van der Waals surface area contributed by atoms with Gasteiger partial charge in [0.25, 0.3) is 0 Å². The lowest BCUT2D eigenvalue weighted by atomic mass is 10.2. The molecule has 1 aromatic rings. The topological polar surface area (TPSA) is 31.2 Å². The van der Waals surface area contributed by atoms with Crippen molar-refractivity contribution in [1.82, 2.24) is 4.57 Å². The zero-order valence-electron chi connectivity index (χ0n) is 11.6. The van der Waals surface area contributed by atoms with E-state index in [1.54, 1.807) is 16.8 Å². The number of halogens is 1. The molecule has 0 aliphatic heterocycles. The van der Waals surface area contributed by atoms with Crippen LogP contribution in [-0.4, -0.2) is 25.0 Å². The van der Waals surface area contributed by atoms with Gasteiger partial charge in [0.05, 0.1) is 10.7 Å². The van der Waals surface area contributed by atoms with Crippen molar-refractivity contribution in [3.05, 3.63) is 23.0 Å². The molecule has 0 unspecified atom stereocenters. The molecule has 102 valence electrons. The van der Waals surface area contributed by atoms with Gasteiger partial charge in [-0.1, -0.05) is 38.2 Å². The molecule has 0 aliphatic rings. The Labute approximate surface area is 115 Å². The smallest absolute Gasteiger partial charge is 0.179 e. The molecule has 5 heteroatoms. The van der Waals surface area contributed by atoms with Crippen molar-refractivity contribution in [2.75, 3.05) is 6.61 Å². The number of hydrogen-bond acceptors (Lipinski definition) is 2. The fraction of sp³-hybridized carbons (Fsp3) is 0.615. The van der Waals surface area contributed by atoms with Crippen LogP contribution in [0.25, 0.3) is 0 Å². The first kappa shape index (κ1) is 15.5. The summed E-state index contributed by atoms with van der Waals surface area (Å²) < 4.78 is 7.42. The van der Waals surface area contributed by atoms with Gasteiger partial charge in [-0.3, -0.25) is 4.79 Å². The predicted molar refractivity (Wildman–Crippen MR) is 78.2 cm³/mol. The molecule has 0 saturated carbocycles. The lowest BCUT2D eigenvalue weighted by Gasteiger charge is -2.16. The average molecular weight is 288 g/mol. The molecule has 0 spiro atoms. The second kappa shape index (κ2) is 6.54. The van der Waals surface area contributed by atoms with Gasteiger partial charge in [0, 0.05) is 27.3 Å². The standard InChI is InChI=1S/C13H22ClNO2Si/c1-5-13(16)12-8-11(14)9-15(12)10-17-6-7-18(2,3)4/h8-9H,5-7,10H2,1-4H3. The van der Waals surface area contributed by atoms with Crippen LogP contribution in [0.2, 0.25) is 30.7 Å². The third-order valence-corrected chi connectivity index (χ3v) is 4.61. The van der Waals surface area contributed by atoms with Crippen LogP contribution in [0.4, 0.5) is 0 Å². The summed E-state index contributed by atoms with van der Waals surface area (Å²) in [4.78, 5) is 11.7. The van der Waals surface area contributed by atoms with E-state index in [1.807, 2.05) is 6.92 Å². The van der Waals surface area contributed by atoms with Gasteiger partial charge < -0.3 is 9.30 Å². The van der Waals surface area contributed by atoms with Crippen LogP contribution in [0.1, 0.15) is 23.8 Å². The zero-order valence-corrected chi connectivity index (χ0v) is 13.4. The molecular formula is C13H22ClNO2Si. The van der Waals surface area contributed by atoms with E-state index in [9.17, 15) is 4.79 Å². The molecule has 0 amide bonds. The predicted octanol–water partition coefficient (Wildman–Crippen LogP) is 4.05. The molecular weight excluding hydrogens is 266 g/mol. The first-order valence-corrected chi connectivity index (χ1v) is 10.4. The maximum absolute atomic E-state index is 11.7. The van der Waals surface area contributed by atoms with Crippen molar-refractivity contribution in [1.29, 1.82) is 0 Å². The van der Waals surface area contributed by atoms with Gasteiger partial charge in [-0.2, -0.15) is 0 Å². The second-order valence-electron chi connectivity index (χ2n) is 5.64. The second-order valence-corrected chi connectivity index (χ2v) is 11.7. The van der Waals surface area contributed by atoms with Crippen LogP contribution >= 0.6 is 11.6 Å². The molecule has 0 bridgehead atoms. The Morgan fingerprint density at radius 3 is 2.67 bits per heavy atom. The molecule has 0 fully saturated rings. The highest BCUT2D eigenvalue weighted by Gasteiger charge is 2.14. The summed E-state index contributed by atoms with van der Waals surface area (Å²) >= 11 is 5.93. The maximum Gasteiger partial charge on any atom is 0.179 e. The van der Waals surface area contributed by atoms with Gasteiger partial charge in [-0.15, -0.1) is 0 Å². The molecule has 1 heterocycles. The molecule has 0 saturated heterocycles. The van der Waals surface area contributed by atoms with E-state index in [0.29, 0.717) is 23.9 Å². The van der Waals surface area contributed by atoms with Crippen LogP contribution in [0.15, 0.2) is 12.3 Å². The van der Waals surface area contributed by atoms with Gasteiger partial charge >= 0.3 is 0 Å². The number of rotatable bonds is 7. The summed E-state index contributed by atoms with van der Waals surface area (Å²) in [6.45, 7) is 9.93. The Kier molecular flexibility index (Phi) is 5.63. The highest BCUT2D eigenvalue weighted by molar-refractivity contribution is 6.76. The van der Waals surface area contributed by atoms with Crippen molar-refractivity contribution >= 4 is 25.5 Å². The van der Waals surface area contributed by atoms with Gasteiger partial charge in [-0.25, -0.2) is 0 Å². The summed E-state index contributed by atoms with van der Waals surface area (Å²) in [5.41, 5.74) is 0.635. The molecule has 1 aromatic heterocycles. The number of carbonyl (C=O) groups is 1. The van der Waals surface area contributed by atoms with Crippen molar-refractivity contribution in [2.45, 2.75) is 45.8 Å². The minimum absolute atomic E-state index is 0.0932. The van der Waals surface area contributed by atoms with E-state index in [4.69, 9.17) is 16.3 Å². The quantitative estimate of drug-likeness (QED) is 0.430. The largest absolute Gasteiger partial charge is 0.361 e. The van der Waals surface area contributed by atoms with E-state index >= 15 is 0 Å². The Bertz CT molecular complexity index is 410. The van der Waals surface area contributed by atoms with Gasteiger partial charge in [0.15, 0.2) is 5.78 Å². The SMILES string of the molecule is CCC(=O)c1cc(Cl)cn1COCC[Si](C)(C)C. The number of nitrogens with zero attached hydrogens (tertiary/aromatic N) is 1. The summed E-state index contributed by atoms with van der Waals surface area (Å²) in [5.74, 6) is 0.0932. The van der Waals surface area contributed by atoms with Crippen LogP contribution in [-0.2, 0) is 11.5 Å². The Balaban J connectivity index is 2.54. The Morgan fingerprint density at radius 1 is 1.44 bits per heavy atom. The average Bonchev–Trinajstić information content (AvgIpc) is 2.63. The molecule has 3 nitrogen and oxygen atoms in total. The summed E-state index contributed by atoms with van der Waals surface area (Å²) in [6, 6.07) is 2.83. The first-order chi connectivity index (χ1) is 8.33. The van der Waals surface area contributed by atoms with Crippen LogP contribution in [0.3, 0.4) is 0 Å². The fourth-order valence-corrected chi connectivity index (χ4v) is 2.52. The lowest BCUT2D eigenvalue weighted by molar-refractivity contribution is 0.0805. The minimum atomic E-state index is -1.06.